The van der Waals surface area contributed by atoms with Gasteiger partial charge in [-0.2, -0.15) is 4.39 Å². The number of nitrogens with zero attached hydrogens (tertiary/aromatic N) is 1. The van der Waals surface area contributed by atoms with Gasteiger partial charge in [0.25, 0.3) is 5.91 Å². The lowest BCUT2D eigenvalue weighted by atomic mass is 10.2. The molecule has 0 spiro atoms. The van der Waals surface area contributed by atoms with Gasteiger partial charge in [-0.1, -0.05) is 11.6 Å². The van der Waals surface area contributed by atoms with Crippen molar-refractivity contribution in [3.63, 3.8) is 0 Å². The first-order valence-electron chi connectivity index (χ1n) is 6.06. The van der Waals surface area contributed by atoms with Crippen LogP contribution in [0.2, 0.25) is 5.02 Å². The van der Waals surface area contributed by atoms with Crippen molar-refractivity contribution in [2.45, 2.75) is 6.92 Å². The number of ether oxygens (including phenoxy) is 1. The Balaban J connectivity index is 2.32. The van der Waals surface area contributed by atoms with Crippen molar-refractivity contribution < 1.29 is 13.9 Å². The van der Waals surface area contributed by atoms with E-state index in [9.17, 15) is 9.18 Å². The molecule has 1 aromatic carbocycles. The number of carbonyl (C=O) groups is 1. The molecule has 0 atom stereocenters. The number of hydrogen-bond acceptors (Lipinski definition) is 3. The van der Waals surface area contributed by atoms with Crippen LogP contribution in [0, 0.1) is 5.95 Å². The molecule has 4 nitrogen and oxygen atoms in total. The maximum atomic E-state index is 13.1. The maximum Gasteiger partial charge on any atom is 0.255 e. The molecule has 21 heavy (non-hydrogen) atoms. The number of nitrogens with one attached hydrogen (secondary N) is 1. The van der Waals surface area contributed by atoms with Crippen LogP contribution < -0.4 is 10.1 Å². The van der Waals surface area contributed by atoms with E-state index < -0.39 is 11.9 Å². The van der Waals surface area contributed by atoms with Crippen LogP contribution in [0.4, 0.5) is 10.1 Å². The zero-order chi connectivity index (χ0) is 15.4. The van der Waals surface area contributed by atoms with E-state index in [2.05, 4.69) is 26.2 Å². The highest BCUT2D eigenvalue weighted by molar-refractivity contribution is 9.10. The molecule has 0 saturated heterocycles. The fraction of sp³-hybridized carbons (Fsp3) is 0.143. The molecule has 1 aromatic heterocycles. The molecule has 0 radical (unpaired) electrons. The minimum absolute atomic E-state index is 0.154. The summed E-state index contributed by atoms with van der Waals surface area (Å²) in [4.78, 5) is 15.5. The monoisotopic (exact) mass is 372 g/mol. The number of aromatic nitrogens is 1. The largest absolute Gasteiger partial charge is 0.491 e. The molecule has 1 amide bonds. The van der Waals surface area contributed by atoms with E-state index in [-0.39, 0.29) is 5.56 Å². The zero-order valence-corrected chi connectivity index (χ0v) is 13.3. The lowest BCUT2D eigenvalue weighted by Crippen LogP contribution is -2.13. The highest BCUT2D eigenvalue weighted by atomic mass is 79.9. The van der Waals surface area contributed by atoms with Gasteiger partial charge in [-0.25, -0.2) is 4.98 Å². The third-order valence-electron chi connectivity index (χ3n) is 2.53. The van der Waals surface area contributed by atoms with Gasteiger partial charge in [0.1, 0.15) is 0 Å². The fourth-order valence-electron chi connectivity index (χ4n) is 1.68. The van der Waals surface area contributed by atoms with Crippen LogP contribution in [0.5, 0.6) is 5.75 Å². The van der Waals surface area contributed by atoms with Gasteiger partial charge in [0.15, 0.2) is 5.75 Å². The van der Waals surface area contributed by atoms with Gasteiger partial charge in [-0.15, -0.1) is 0 Å². The van der Waals surface area contributed by atoms with Crippen LogP contribution in [-0.4, -0.2) is 17.5 Å². The smallest absolute Gasteiger partial charge is 0.255 e. The summed E-state index contributed by atoms with van der Waals surface area (Å²) in [5.41, 5.74) is 0.555. The van der Waals surface area contributed by atoms with Gasteiger partial charge < -0.3 is 10.1 Å². The van der Waals surface area contributed by atoms with E-state index in [1.165, 1.54) is 12.3 Å². The predicted molar refractivity (Wildman–Crippen MR) is 82.5 cm³/mol. The van der Waals surface area contributed by atoms with E-state index in [4.69, 9.17) is 16.3 Å². The first-order valence-corrected chi connectivity index (χ1v) is 7.23. The lowest BCUT2D eigenvalue weighted by molar-refractivity contribution is 0.102. The molecule has 0 aliphatic heterocycles. The first kappa shape index (κ1) is 15.7. The molecule has 1 heterocycles. The van der Waals surface area contributed by atoms with Crippen molar-refractivity contribution >= 4 is 39.1 Å². The normalized spacial score (nSPS) is 10.3. The Kier molecular flexibility index (Phi) is 5.14. The third-order valence-corrected chi connectivity index (χ3v) is 3.34. The fourth-order valence-corrected chi connectivity index (χ4v) is 2.61. The third kappa shape index (κ3) is 3.92. The van der Waals surface area contributed by atoms with Gasteiger partial charge in [0.2, 0.25) is 5.95 Å². The average Bonchev–Trinajstić information content (AvgIpc) is 2.42. The summed E-state index contributed by atoms with van der Waals surface area (Å²) in [6.45, 7) is 2.25. The molecular weight excluding hydrogens is 363 g/mol. The number of carbonyl (C=O) groups excluding carboxylic acids is 1. The molecule has 0 bridgehead atoms. The van der Waals surface area contributed by atoms with Gasteiger partial charge in [0.05, 0.1) is 16.8 Å². The van der Waals surface area contributed by atoms with E-state index in [1.807, 2.05) is 6.92 Å². The topological polar surface area (TPSA) is 51.2 Å². The summed E-state index contributed by atoms with van der Waals surface area (Å²) in [6.07, 6.45) is 1.22. The van der Waals surface area contributed by atoms with Crippen LogP contribution in [0.15, 0.2) is 34.9 Å². The van der Waals surface area contributed by atoms with Crippen molar-refractivity contribution in [2.75, 3.05) is 11.9 Å². The standard InChI is InChI=1S/C14H11BrClFN2O2/c1-2-21-13-10(15)6-9(16)7-11(13)19-14(20)8-3-4-18-12(17)5-8/h3-7H,2H2,1H3,(H,19,20). The molecule has 110 valence electrons. The van der Waals surface area contributed by atoms with Crippen LogP contribution in [0.25, 0.3) is 0 Å². The number of rotatable bonds is 4. The number of anilines is 1. The molecule has 7 heteroatoms. The molecular formula is C14H11BrClFN2O2. The van der Waals surface area contributed by atoms with Gasteiger partial charge >= 0.3 is 0 Å². The van der Waals surface area contributed by atoms with Gasteiger partial charge in [-0.05, 0) is 41.1 Å². The SMILES string of the molecule is CCOc1c(Br)cc(Cl)cc1NC(=O)c1ccnc(F)c1. The quantitative estimate of drug-likeness (QED) is 0.814. The Morgan fingerprint density at radius 2 is 2.24 bits per heavy atom. The minimum Gasteiger partial charge on any atom is -0.491 e. The molecule has 0 unspecified atom stereocenters. The molecule has 1 N–H and O–H groups in total. The van der Waals surface area contributed by atoms with Gasteiger partial charge in [-0.3, -0.25) is 4.79 Å². The second kappa shape index (κ2) is 6.87. The van der Waals surface area contributed by atoms with E-state index in [0.29, 0.717) is 27.5 Å². The molecule has 2 rings (SSSR count). The van der Waals surface area contributed by atoms with Crippen LogP contribution in [0.1, 0.15) is 17.3 Å². The van der Waals surface area contributed by atoms with Crippen molar-refractivity contribution in [1.29, 1.82) is 0 Å². The number of pyridine rings is 1. The summed E-state index contributed by atoms with van der Waals surface area (Å²) in [7, 11) is 0. The Hall–Kier alpha value is -1.66. The van der Waals surface area contributed by atoms with E-state index in [0.717, 1.165) is 6.07 Å². The Morgan fingerprint density at radius 1 is 1.48 bits per heavy atom. The zero-order valence-electron chi connectivity index (χ0n) is 11.0. The Labute approximate surface area is 134 Å². The summed E-state index contributed by atoms with van der Waals surface area (Å²) in [5, 5.41) is 3.08. The van der Waals surface area contributed by atoms with Crippen LogP contribution in [-0.2, 0) is 0 Å². The maximum absolute atomic E-state index is 13.1. The average molecular weight is 374 g/mol. The second-order valence-electron chi connectivity index (χ2n) is 4.02. The van der Waals surface area contributed by atoms with Crippen LogP contribution >= 0.6 is 27.5 Å². The Bertz CT molecular complexity index is 682. The molecule has 0 aliphatic rings. The number of halogens is 3. The number of amides is 1. The summed E-state index contributed by atoms with van der Waals surface area (Å²) >= 11 is 9.30. The molecule has 0 fully saturated rings. The van der Waals surface area contributed by atoms with E-state index >= 15 is 0 Å². The molecule has 0 aliphatic carbocycles. The predicted octanol–water partition coefficient (Wildman–Crippen LogP) is 4.29. The van der Waals surface area contributed by atoms with Crippen molar-refractivity contribution in [3.05, 3.63) is 51.5 Å². The van der Waals surface area contributed by atoms with E-state index in [1.54, 1.807) is 12.1 Å². The second-order valence-corrected chi connectivity index (χ2v) is 5.31. The number of hydrogen-bond donors (Lipinski definition) is 1. The first-order chi connectivity index (χ1) is 10.0. The van der Waals surface area contributed by atoms with Crippen molar-refractivity contribution in [3.8, 4) is 5.75 Å². The lowest BCUT2D eigenvalue weighted by Gasteiger charge is -2.14. The highest BCUT2D eigenvalue weighted by Gasteiger charge is 2.14. The summed E-state index contributed by atoms with van der Waals surface area (Å²) in [6, 6.07) is 5.69. The highest BCUT2D eigenvalue weighted by Crippen LogP contribution is 2.36. The molecule has 2 aromatic rings. The number of benzene rings is 1. The molecule has 0 saturated carbocycles. The van der Waals surface area contributed by atoms with Crippen LogP contribution in [0.3, 0.4) is 0 Å². The van der Waals surface area contributed by atoms with Gasteiger partial charge in [0, 0.05) is 22.8 Å². The van der Waals surface area contributed by atoms with Crippen molar-refractivity contribution in [1.82, 2.24) is 4.98 Å². The minimum atomic E-state index is -0.722. The summed E-state index contributed by atoms with van der Waals surface area (Å²) in [5.74, 6) is -0.740. The van der Waals surface area contributed by atoms with Crippen molar-refractivity contribution in [2.24, 2.45) is 0 Å². The Morgan fingerprint density at radius 3 is 2.90 bits per heavy atom. The summed E-state index contributed by atoms with van der Waals surface area (Å²) < 4.78 is 19.1.